The number of rotatable bonds is 5. The van der Waals surface area contributed by atoms with Gasteiger partial charge in [0.05, 0.1) is 5.56 Å². The highest BCUT2D eigenvalue weighted by molar-refractivity contribution is 6.02. The number of aliphatic imine (C=N–C) groups is 1. The number of amides is 2. The van der Waals surface area contributed by atoms with E-state index in [2.05, 4.69) is 10.3 Å². The number of guanidine groups is 1. The zero-order chi connectivity index (χ0) is 23.4. The third kappa shape index (κ3) is 5.47. The minimum atomic E-state index is -4.49. The number of benzene rings is 2. The Hall–Kier alpha value is -3.07. The second kappa shape index (κ2) is 9.82. The van der Waals surface area contributed by atoms with Crippen molar-refractivity contribution in [3.05, 3.63) is 65.7 Å². The lowest BCUT2D eigenvalue weighted by Crippen LogP contribution is -2.61. The van der Waals surface area contributed by atoms with Crippen molar-refractivity contribution in [2.45, 2.75) is 57.1 Å². The van der Waals surface area contributed by atoms with Gasteiger partial charge < -0.3 is 10.4 Å². The zero-order valence-electron chi connectivity index (χ0n) is 18.1. The number of halogens is 3. The second-order valence-electron chi connectivity index (χ2n) is 8.40. The fourth-order valence-electron chi connectivity index (χ4n) is 4.39. The summed E-state index contributed by atoms with van der Waals surface area (Å²) < 4.78 is 39.4. The van der Waals surface area contributed by atoms with Crippen molar-refractivity contribution < 1.29 is 23.1 Å². The number of carbonyl (C=O) groups is 1. The Labute approximate surface area is 190 Å². The topological polar surface area (TPSA) is 68.2 Å². The van der Waals surface area contributed by atoms with Crippen LogP contribution in [-0.2, 0) is 12.6 Å². The average molecular weight is 461 g/mol. The van der Waals surface area contributed by atoms with Crippen LogP contribution in [0.3, 0.4) is 0 Å². The van der Waals surface area contributed by atoms with Crippen LogP contribution < -0.4 is 5.32 Å². The van der Waals surface area contributed by atoms with Gasteiger partial charge in [-0.05, 0) is 43.0 Å². The molecule has 1 atom stereocenters. The number of aliphatic hydroxyl groups is 1. The molecular weight excluding hydrogens is 433 g/mol. The maximum Gasteiger partial charge on any atom is 0.416 e. The maximum absolute atomic E-state index is 13.1. The Kier molecular flexibility index (Phi) is 6.88. The quantitative estimate of drug-likeness (QED) is 0.654. The highest BCUT2D eigenvalue weighted by Gasteiger charge is 2.39. The van der Waals surface area contributed by atoms with Crippen LogP contribution >= 0.6 is 0 Å². The summed E-state index contributed by atoms with van der Waals surface area (Å²) in [7, 11) is 0. The number of nitrogens with zero attached hydrogens (tertiary/aromatic N) is 3. The predicted molar refractivity (Wildman–Crippen MR) is 119 cm³/mol. The van der Waals surface area contributed by atoms with E-state index in [1.807, 2.05) is 30.3 Å². The number of alkyl halides is 3. The number of hydrogen-bond donors (Lipinski definition) is 2. The summed E-state index contributed by atoms with van der Waals surface area (Å²) >= 11 is 0. The van der Waals surface area contributed by atoms with Crippen molar-refractivity contribution >= 4 is 17.7 Å². The first-order valence-corrected chi connectivity index (χ1v) is 11.2. The van der Waals surface area contributed by atoms with Gasteiger partial charge in [-0.25, -0.2) is 4.79 Å². The molecule has 0 aromatic heterocycles. The third-order valence-electron chi connectivity index (χ3n) is 6.12. The summed E-state index contributed by atoms with van der Waals surface area (Å²) in [6.07, 6.45) is -0.551. The van der Waals surface area contributed by atoms with E-state index in [4.69, 9.17) is 0 Å². The van der Waals surface area contributed by atoms with Crippen molar-refractivity contribution in [3.63, 3.8) is 0 Å². The molecule has 0 spiro atoms. The number of urea groups is 1. The molecule has 1 unspecified atom stereocenters. The lowest BCUT2D eigenvalue weighted by atomic mass is 9.94. The molecule has 2 amide bonds. The fourth-order valence-corrected chi connectivity index (χ4v) is 4.39. The monoisotopic (exact) mass is 460 g/mol. The number of nitrogens with one attached hydrogen (secondary N) is 1. The summed E-state index contributed by atoms with van der Waals surface area (Å²) in [6, 6.07) is 13.6. The number of hydrogen-bond acceptors (Lipinski definition) is 4. The van der Waals surface area contributed by atoms with E-state index in [1.165, 1.54) is 17.0 Å². The SMILES string of the molecule is O=C1N=C(Nc2cccc(C(F)(F)F)c2)N(CCc2ccccc2)C(O)N1C1CCCCC1. The Morgan fingerprint density at radius 3 is 2.45 bits per heavy atom. The van der Waals surface area contributed by atoms with Crippen LogP contribution in [0.1, 0.15) is 43.2 Å². The molecule has 2 aromatic rings. The first-order valence-electron chi connectivity index (χ1n) is 11.2. The largest absolute Gasteiger partial charge is 0.416 e. The Balaban J connectivity index is 1.61. The standard InChI is InChI=1S/C24H27F3N4O2/c25-24(26,27)18-10-7-11-19(16-18)28-21-29-22(32)31(20-12-5-2-6-13-20)23(33)30(21)15-14-17-8-3-1-4-9-17/h1,3-4,7-11,16,20,23,33H,2,5-6,12-15H2,(H,28,29,32). The van der Waals surface area contributed by atoms with Crippen LogP contribution in [0.2, 0.25) is 0 Å². The van der Waals surface area contributed by atoms with Gasteiger partial charge in [0.15, 0.2) is 0 Å². The molecule has 1 aliphatic heterocycles. The highest BCUT2D eigenvalue weighted by atomic mass is 19.4. The van der Waals surface area contributed by atoms with E-state index in [0.29, 0.717) is 13.0 Å². The van der Waals surface area contributed by atoms with Crippen molar-refractivity contribution in [1.29, 1.82) is 0 Å². The molecule has 2 aromatic carbocycles. The second-order valence-corrected chi connectivity index (χ2v) is 8.40. The molecule has 6 nitrogen and oxygen atoms in total. The maximum atomic E-state index is 13.1. The van der Waals surface area contributed by atoms with Gasteiger partial charge in [0.25, 0.3) is 0 Å². The van der Waals surface area contributed by atoms with Crippen LogP contribution in [0.15, 0.2) is 59.6 Å². The molecule has 1 aliphatic carbocycles. The van der Waals surface area contributed by atoms with Crippen molar-refractivity contribution in [2.24, 2.45) is 4.99 Å². The summed E-state index contributed by atoms with van der Waals surface area (Å²) in [4.78, 5) is 20.0. The van der Waals surface area contributed by atoms with E-state index in [-0.39, 0.29) is 17.7 Å². The number of carbonyl (C=O) groups excluding carboxylic acids is 1. The van der Waals surface area contributed by atoms with Gasteiger partial charge in [-0.15, -0.1) is 0 Å². The van der Waals surface area contributed by atoms with Crippen molar-refractivity contribution in [1.82, 2.24) is 9.80 Å². The van der Waals surface area contributed by atoms with Crippen LogP contribution in [0.25, 0.3) is 0 Å². The first kappa shape index (κ1) is 23.1. The van der Waals surface area contributed by atoms with E-state index >= 15 is 0 Å². The van der Waals surface area contributed by atoms with Gasteiger partial charge in [0.2, 0.25) is 12.3 Å². The lowest BCUT2D eigenvalue weighted by molar-refractivity contribution is -0.137. The van der Waals surface area contributed by atoms with Gasteiger partial charge >= 0.3 is 12.2 Å². The van der Waals surface area contributed by atoms with Gasteiger partial charge in [0, 0.05) is 18.3 Å². The summed E-state index contributed by atoms with van der Waals surface area (Å²) in [5.41, 5.74) is 0.360. The number of aliphatic hydroxyl groups excluding tert-OH is 1. The Morgan fingerprint density at radius 1 is 1.03 bits per heavy atom. The molecule has 1 saturated carbocycles. The minimum absolute atomic E-state index is 0.0369. The molecule has 4 rings (SSSR count). The van der Waals surface area contributed by atoms with Crippen LogP contribution in [0.5, 0.6) is 0 Å². The third-order valence-corrected chi connectivity index (χ3v) is 6.12. The van der Waals surface area contributed by atoms with E-state index in [0.717, 1.165) is 49.8 Å². The molecule has 9 heteroatoms. The fraction of sp³-hybridized carbons (Fsp3) is 0.417. The Morgan fingerprint density at radius 2 is 1.76 bits per heavy atom. The van der Waals surface area contributed by atoms with E-state index in [1.54, 1.807) is 4.90 Å². The molecule has 0 saturated heterocycles. The van der Waals surface area contributed by atoms with Crippen molar-refractivity contribution in [2.75, 3.05) is 11.9 Å². The lowest BCUT2D eigenvalue weighted by Gasteiger charge is -2.44. The smallest absolute Gasteiger partial charge is 0.356 e. The van der Waals surface area contributed by atoms with Gasteiger partial charge in [-0.2, -0.15) is 18.2 Å². The summed E-state index contributed by atoms with van der Waals surface area (Å²) in [5.74, 6) is 0.0369. The van der Waals surface area contributed by atoms with Crippen molar-refractivity contribution in [3.8, 4) is 0 Å². The van der Waals surface area contributed by atoms with Crippen LogP contribution in [0, 0.1) is 0 Å². The zero-order valence-corrected chi connectivity index (χ0v) is 18.1. The van der Waals surface area contributed by atoms with Gasteiger partial charge in [-0.1, -0.05) is 55.7 Å². The average Bonchev–Trinajstić information content (AvgIpc) is 2.80. The molecule has 2 N–H and O–H groups in total. The van der Waals surface area contributed by atoms with Gasteiger partial charge in [-0.3, -0.25) is 9.80 Å². The predicted octanol–water partition coefficient (Wildman–Crippen LogP) is 5.06. The van der Waals surface area contributed by atoms with Crippen LogP contribution in [0.4, 0.5) is 23.7 Å². The molecule has 1 fully saturated rings. The van der Waals surface area contributed by atoms with Gasteiger partial charge in [0.1, 0.15) is 0 Å². The molecule has 176 valence electrons. The normalized spacial score (nSPS) is 20.1. The summed E-state index contributed by atoms with van der Waals surface area (Å²) in [6.45, 7) is 0.326. The molecule has 0 radical (unpaired) electrons. The van der Waals surface area contributed by atoms with E-state index in [9.17, 15) is 23.1 Å². The molecule has 1 heterocycles. The molecule has 33 heavy (non-hydrogen) atoms. The van der Waals surface area contributed by atoms with E-state index < -0.39 is 24.1 Å². The summed E-state index contributed by atoms with van der Waals surface area (Å²) in [5, 5.41) is 14.0. The van der Waals surface area contributed by atoms with Crippen LogP contribution in [-0.4, -0.2) is 45.8 Å². The Bertz CT molecular complexity index is 991. The minimum Gasteiger partial charge on any atom is -0.356 e. The molecular formula is C24H27F3N4O2. The number of anilines is 1. The molecule has 0 bridgehead atoms. The highest BCUT2D eigenvalue weighted by Crippen LogP contribution is 2.31. The molecule has 2 aliphatic rings. The first-order chi connectivity index (χ1) is 15.8.